The van der Waals surface area contributed by atoms with Crippen LogP contribution in [0, 0.1) is 5.41 Å². The monoisotopic (exact) mass is 237 g/mol. The van der Waals surface area contributed by atoms with Crippen molar-refractivity contribution in [1.82, 2.24) is 4.90 Å². The van der Waals surface area contributed by atoms with Crippen LogP contribution in [0.25, 0.3) is 6.08 Å². The maximum Gasteiger partial charge on any atom is 0.0776 e. The van der Waals surface area contributed by atoms with Gasteiger partial charge in [-0.3, -0.25) is 0 Å². The molecule has 0 spiro atoms. The minimum atomic E-state index is 0.191. The van der Waals surface area contributed by atoms with E-state index in [1.165, 1.54) is 36.8 Å². The zero-order valence-electron chi connectivity index (χ0n) is 10.9. The molecule has 1 nitrogen and oxygen atoms in total. The van der Waals surface area contributed by atoms with Crippen molar-refractivity contribution in [2.45, 2.75) is 31.2 Å². The van der Waals surface area contributed by atoms with E-state index in [2.05, 4.69) is 60.6 Å². The Bertz CT molecular complexity index is 556. The Morgan fingerprint density at radius 2 is 1.89 bits per heavy atom. The molecular weight excluding hydrogens is 218 g/mol. The topological polar surface area (TPSA) is 3.24 Å². The lowest BCUT2D eigenvalue weighted by molar-refractivity contribution is 0.0491. The maximum absolute atomic E-state index is 2.47. The maximum atomic E-state index is 2.47. The van der Waals surface area contributed by atoms with Crippen LogP contribution in [0.4, 0.5) is 0 Å². The van der Waals surface area contributed by atoms with Crippen molar-refractivity contribution in [1.29, 1.82) is 0 Å². The molecule has 0 saturated heterocycles. The second-order valence-electron chi connectivity index (χ2n) is 5.95. The van der Waals surface area contributed by atoms with Crippen LogP contribution in [0.1, 0.15) is 36.8 Å². The summed E-state index contributed by atoms with van der Waals surface area (Å²) in [5.41, 5.74) is 3.37. The van der Waals surface area contributed by atoms with Gasteiger partial charge in [-0.05, 0) is 30.2 Å². The first-order chi connectivity index (χ1) is 8.79. The van der Waals surface area contributed by atoms with Gasteiger partial charge in [0.2, 0.25) is 0 Å². The lowest BCUT2D eigenvalue weighted by Gasteiger charge is -2.54. The molecule has 1 aliphatic heterocycles. The van der Waals surface area contributed by atoms with E-state index in [1.54, 1.807) is 0 Å². The fraction of sp³-hybridized carbons (Fsp3) is 0.412. The Balaban J connectivity index is 2.02. The number of nitrogens with zero attached hydrogens (tertiary/aromatic N) is 1. The molecule has 18 heavy (non-hydrogen) atoms. The molecule has 0 N–H and O–H groups in total. The average molecular weight is 237 g/mol. The Labute approximate surface area is 109 Å². The van der Waals surface area contributed by atoms with E-state index in [0.29, 0.717) is 0 Å². The van der Waals surface area contributed by atoms with Gasteiger partial charge in [-0.1, -0.05) is 55.3 Å². The fourth-order valence-corrected chi connectivity index (χ4v) is 4.45. The lowest BCUT2D eigenvalue weighted by Crippen LogP contribution is -2.52. The van der Waals surface area contributed by atoms with Crippen LogP contribution in [0.2, 0.25) is 0 Å². The zero-order chi connectivity index (χ0) is 12.2. The molecular formula is C17H19N. The molecule has 3 aliphatic rings. The predicted molar refractivity (Wildman–Crippen MR) is 75.0 cm³/mol. The van der Waals surface area contributed by atoms with Gasteiger partial charge in [0.15, 0.2) is 0 Å². The number of benzene rings is 1. The standard InChI is InChI=1S/C17H19N/c1-18-13-12-16-9-4-5-10-17(16,18)15-7-3-2-6-14(15)8-11-16/h2-3,6-8,11-13H,4-5,9-10H2,1H3. The van der Waals surface area contributed by atoms with Gasteiger partial charge in [-0.25, -0.2) is 0 Å². The first-order valence-corrected chi connectivity index (χ1v) is 7.00. The number of rotatable bonds is 0. The van der Waals surface area contributed by atoms with Crippen molar-refractivity contribution in [2.75, 3.05) is 7.05 Å². The van der Waals surface area contributed by atoms with Crippen molar-refractivity contribution >= 4 is 6.08 Å². The third-order valence-electron chi connectivity index (χ3n) is 5.31. The van der Waals surface area contributed by atoms with Crippen molar-refractivity contribution in [3.8, 4) is 0 Å². The summed E-state index contributed by atoms with van der Waals surface area (Å²) in [6.45, 7) is 0. The van der Waals surface area contributed by atoms with E-state index in [4.69, 9.17) is 0 Å². The van der Waals surface area contributed by atoms with Gasteiger partial charge in [-0.15, -0.1) is 0 Å². The molecule has 2 unspecified atom stereocenters. The predicted octanol–water partition coefficient (Wildman–Crippen LogP) is 3.93. The molecule has 0 radical (unpaired) electrons. The highest BCUT2D eigenvalue weighted by molar-refractivity contribution is 5.64. The molecule has 0 bridgehead atoms. The van der Waals surface area contributed by atoms with Crippen LogP contribution in [-0.4, -0.2) is 11.9 Å². The second-order valence-corrected chi connectivity index (χ2v) is 5.95. The average Bonchev–Trinajstić information content (AvgIpc) is 2.74. The number of hydrogen-bond donors (Lipinski definition) is 0. The van der Waals surface area contributed by atoms with Crippen LogP contribution in [-0.2, 0) is 5.54 Å². The summed E-state index contributed by atoms with van der Waals surface area (Å²) in [4.78, 5) is 2.47. The van der Waals surface area contributed by atoms with Gasteiger partial charge in [0.1, 0.15) is 0 Å². The van der Waals surface area contributed by atoms with Crippen LogP contribution in [0.15, 0.2) is 42.6 Å². The second kappa shape index (κ2) is 3.28. The summed E-state index contributed by atoms with van der Waals surface area (Å²) in [7, 11) is 2.25. The van der Waals surface area contributed by atoms with Gasteiger partial charge in [0.05, 0.1) is 5.54 Å². The first kappa shape index (κ1) is 10.4. The normalized spacial score (nSPS) is 36.2. The highest BCUT2D eigenvalue weighted by Crippen LogP contribution is 2.61. The highest BCUT2D eigenvalue weighted by Gasteiger charge is 2.57. The van der Waals surface area contributed by atoms with Gasteiger partial charge in [0.25, 0.3) is 0 Å². The Kier molecular flexibility index (Phi) is 1.90. The van der Waals surface area contributed by atoms with Gasteiger partial charge in [0, 0.05) is 12.5 Å². The van der Waals surface area contributed by atoms with Gasteiger partial charge >= 0.3 is 0 Å². The minimum Gasteiger partial charge on any atom is -0.370 e. The van der Waals surface area contributed by atoms with E-state index in [0.717, 1.165) is 0 Å². The molecule has 2 aliphatic carbocycles. The quantitative estimate of drug-likeness (QED) is 0.661. The molecule has 92 valence electrons. The molecule has 4 rings (SSSR count). The van der Waals surface area contributed by atoms with Crippen molar-refractivity contribution < 1.29 is 0 Å². The summed E-state index contributed by atoms with van der Waals surface area (Å²) < 4.78 is 0. The summed E-state index contributed by atoms with van der Waals surface area (Å²) >= 11 is 0. The van der Waals surface area contributed by atoms with Crippen LogP contribution >= 0.6 is 0 Å². The molecule has 1 heteroatoms. The largest absolute Gasteiger partial charge is 0.370 e. The zero-order valence-corrected chi connectivity index (χ0v) is 10.9. The number of hydrogen-bond acceptors (Lipinski definition) is 1. The van der Waals surface area contributed by atoms with Crippen molar-refractivity contribution in [3.05, 3.63) is 53.7 Å². The van der Waals surface area contributed by atoms with Crippen LogP contribution < -0.4 is 0 Å². The fourth-order valence-electron chi connectivity index (χ4n) is 4.45. The summed E-state index contributed by atoms with van der Waals surface area (Å²) in [5.74, 6) is 0. The van der Waals surface area contributed by atoms with Crippen molar-refractivity contribution in [3.63, 3.8) is 0 Å². The summed E-state index contributed by atoms with van der Waals surface area (Å²) in [6, 6.07) is 8.93. The SMILES string of the molecule is CN1C=CC23C=Cc4ccccc4C12CCCC3. The molecule has 1 saturated carbocycles. The molecule has 0 amide bonds. The van der Waals surface area contributed by atoms with Crippen molar-refractivity contribution in [2.24, 2.45) is 5.41 Å². The molecule has 1 aromatic rings. The molecule has 2 atom stereocenters. The van der Waals surface area contributed by atoms with Crippen LogP contribution in [0.5, 0.6) is 0 Å². The lowest BCUT2D eigenvalue weighted by atomic mass is 9.56. The van der Waals surface area contributed by atoms with E-state index in [9.17, 15) is 0 Å². The molecule has 1 aromatic carbocycles. The molecule has 0 aromatic heterocycles. The van der Waals surface area contributed by atoms with Crippen LogP contribution in [0.3, 0.4) is 0 Å². The Hall–Kier alpha value is -1.50. The van der Waals surface area contributed by atoms with E-state index >= 15 is 0 Å². The minimum absolute atomic E-state index is 0.191. The molecule has 1 fully saturated rings. The third-order valence-corrected chi connectivity index (χ3v) is 5.31. The third kappa shape index (κ3) is 0.996. The van der Waals surface area contributed by atoms with E-state index in [-0.39, 0.29) is 11.0 Å². The van der Waals surface area contributed by atoms with E-state index < -0.39 is 0 Å². The molecule has 1 heterocycles. The number of fused-ring (bicyclic) bond motifs is 1. The Morgan fingerprint density at radius 1 is 1.06 bits per heavy atom. The van der Waals surface area contributed by atoms with E-state index in [1.807, 2.05) is 0 Å². The summed E-state index contributed by atoms with van der Waals surface area (Å²) in [6.07, 6.45) is 14.8. The highest BCUT2D eigenvalue weighted by atomic mass is 15.2. The van der Waals surface area contributed by atoms with Gasteiger partial charge < -0.3 is 4.90 Å². The smallest absolute Gasteiger partial charge is 0.0776 e. The Morgan fingerprint density at radius 3 is 2.83 bits per heavy atom. The summed E-state index contributed by atoms with van der Waals surface area (Å²) in [5, 5.41) is 0. The first-order valence-electron chi connectivity index (χ1n) is 7.00. The van der Waals surface area contributed by atoms with Gasteiger partial charge in [-0.2, -0.15) is 0 Å².